The van der Waals surface area contributed by atoms with Crippen LogP contribution in [0.25, 0.3) is 0 Å². The summed E-state index contributed by atoms with van der Waals surface area (Å²) in [5.41, 5.74) is -0.269. The van der Waals surface area contributed by atoms with Gasteiger partial charge in [-0.15, -0.1) is 0 Å². The molecule has 102 valence electrons. The van der Waals surface area contributed by atoms with E-state index in [1.807, 2.05) is 7.05 Å². The van der Waals surface area contributed by atoms with Crippen molar-refractivity contribution in [2.75, 3.05) is 20.1 Å². The van der Waals surface area contributed by atoms with Gasteiger partial charge in [0.05, 0.1) is 6.07 Å². The Kier molecular flexibility index (Phi) is 4.29. The zero-order chi connectivity index (χ0) is 13.2. The van der Waals surface area contributed by atoms with Crippen LogP contribution in [0.5, 0.6) is 0 Å². The van der Waals surface area contributed by atoms with Crippen LogP contribution >= 0.6 is 0 Å². The number of piperidine rings is 1. The molecule has 1 aliphatic heterocycles. The summed E-state index contributed by atoms with van der Waals surface area (Å²) in [6.07, 6.45) is 5.78. The van der Waals surface area contributed by atoms with Gasteiger partial charge in [0.2, 0.25) is 0 Å². The molecule has 0 aromatic heterocycles. The molecule has 0 bridgehead atoms. The minimum Gasteiger partial charge on any atom is -0.302 e. The Hall–Kier alpha value is -0.590. The van der Waals surface area contributed by atoms with Crippen molar-refractivity contribution >= 4 is 0 Å². The predicted molar refractivity (Wildman–Crippen MR) is 74.2 cm³/mol. The van der Waals surface area contributed by atoms with Gasteiger partial charge in [0.1, 0.15) is 5.54 Å². The molecular weight excluding hydrogens is 222 g/mol. The average molecular weight is 249 g/mol. The van der Waals surface area contributed by atoms with Gasteiger partial charge in [-0.25, -0.2) is 0 Å². The van der Waals surface area contributed by atoms with Crippen LogP contribution in [-0.2, 0) is 0 Å². The van der Waals surface area contributed by atoms with Crippen molar-refractivity contribution in [1.82, 2.24) is 10.2 Å². The molecule has 4 atom stereocenters. The molecule has 1 aliphatic carbocycles. The molecule has 1 saturated carbocycles. The Morgan fingerprint density at radius 1 is 1.28 bits per heavy atom. The van der Waals surface area contributed by atoms with Gasteiger partial charge in [0.15, 0.2) is 0 Å². The normalized spacial score (nSPS) is 42.4. The van der Waals surface area contributed by atoms with Gasteiger partial charge >= 0.3 is 0 Å². The third kappa shape index (κ3) is 2.70. The van der Waals surface area contributed by atoms with Crippen LogP contribution in [0.2, 0.25) is 0 Å². The molecule has 1 heterocycles. The van der Waals surface area contributed by atoms with Crippen molar-refractivity contribution in [2.24, 2.45) is 11.8 Å². The highest BCUT2D eigenvalue weighted by atomic mass is 15.2. The molecule has 0 radical (unpaired) electrons. The van der Waals surface area contributed by atoms with Crippen LogP contribution < -0.4 is 5.32 Å². The fourth-order valence-corrected chi connectivity index (χ4v) is 3.57. The zero-order valence-corrected chi connectivity index (χ0v) is 12.1. The quantitative estimate of drug-likeness (QED) is 0.816. The Labute approximate surface area is 112 Å². The van der Waals surface area contributed by atoms with E-state index in [-0.39, 0.29) is 5.54 Å². The molecular formula is C15H27N3. The smallest absolute Gasteiger partial charge is 0.108 e. The zero-order valence-electron chi connectivity index (χ0n) is 12.1. The predicted octanol–water partition coefficient (Wildman–Crippen LogP) is 2.39. The van der Waals surface area contributed by atoms with Gasteiger partial charge in [-0.2, -0.15) is 5.26 Å². The standard InChI is InChI=1S/C15H27N3/c1-12-6-8-18(10-13(12)2)14-5-4-7-15(9-14,11-16)17-3/h12-14,17H,4-10H2,1-3H3. The molecule has 4 unspecified atom stereocenters. The third-order valence-corrected chi connectivity index (χ3v) is 5.30. The minimum atomic E-state index is -0.269. The topological polar surface area (TPSA) is 39.1 Å². The number of nitrogens with zero attached hydrogens (tertiary/aromatic N) is 2. The molecule has 0 aromatic carbocycles. The average Bonchev–Trinajstić information content (AvgIpc) is 2.42. The summed E-state index contributed by atoms with van der Waals surface area (Å²) in [6.45, 7) is 7.18. The number of likely N-dealkylation sites (tertiary alicyclic amines) is 1. The molecule has 2 rings (SSSR count). The Morgan fingerprint density at radius 3 is 2.67 bits per heavy atom. The van der Waals surface area contributed by atoms with E-state index in [2.05, 4.69) is 30.1 Å². The number of hydrogen-bond donors (Lipinski definition) is 1. The first kappa shape index (κ1) is 13.8. The highest BCUT2D eigenvalue weighted by Crippen LogP contribution is 2.33. The monoisotopic (exact) mass is 249 g/mol. The summed E-state index contributed by atoms with van der Waals surface area (Å²) in [6, 6.07) is 3.13. The highest BCUT2D eigenvalue weighted by Gasteiger charge is 2.38. The molecule has 0 amide bonds. The van der Waals surface area contributed by atoms with E-state index in [0.717, 1.165) is 24.7 Å². The van der Waals surface area contributed by atoms with E-state index < -0.39 is 0 Å². The molecule has 0 spiro atoms. The molecule has 3 nitrogen and oxygen atoms in total. The first-order chi connectivity index (χ1) is 8.60. The summed E-state index contributed by atoms with van der Waals surface area (Å²) in [5, 5.41) is 12.7. The molecule has 3 heteroatoms. The molecule has 1 saturated heterocycles. The van der Waals surface area contributed by atoms with Gasteiger partial charge in [0, 0.05) is 12.6 Å². The lowest BCUT2D eigenvalue weighted by molar-refractivity contribution is 0.0606. The van der Waals surface area contributed by atoms with Crippen LogP contribution in [-0.4, -0.2) is 36.6 Å². The Morgan fingerprint density at radius 2 is 2.06 bits per heavy atom. The lowest BCUT2D eigenvalue weighted by Gasteiger charge is -2.45. The van der Waals surface area contributed by atoms with Crippen LogP contribution in [0.15, 0.2) is 0 Å². The van der Waals surface area contributed by atoms with Crippen molar-refractivity contribution in [2.45, 2.75) is 57.5 Å². The molecule has 2 aliphatic rings. The second-order valence-corrected chi connectivity index (χ2v) is 6.43. The first-order valence-electron chi connectivity index (χ1n) is 7.44. The minimum absolute atomic E-state index is 0.269. The number of hydrogen-bond acceptors (Lipinski definition) is 3. The van der Waals surface area contributed by atoms with Gasteiger partial charge in [-0.05, 0) is 57.5 Å². The maximum atomic E-state index is 9.42. The molecule has 2 fully saturated rings. The maximum absolute atomic E-state index is 9.42. The molecule has 0 aromatic rings. The van der Waals surface area contributed by atoms with E-state index in [1.165, 1.54) is 32.4 Å². The van der Waals surface area contributed by atoms with Gasteiger partial charge in [-0.1, -0.05) is 13.8 Å². The molecule has 1 N–H and O–H groups in total. The molecule has 18 heavy (non-hydrogen) atoms. The fourth-order valence-electron chi connectivity index (χ4n) is 3.57. The SMILES string of the molecule is CNC1(C#N)CCCC(N2CCC(C)C(C)C2)C1. The largest absolute Gasteiger partial charge is 0.302 e. The van der Waals surface area contributed by atoms with E-state index in [4.69, 9.17) is 0 Å². The van der Waals surface area contributed by atoms with Crippen molar-refractivity contribution in [3.8, 4) is 6.07 Å². The van der Waals surface area contributed by atoms with Gasteiger partial charge < -0.3 is 5.32 Å². The third-order valence-electron chi connectivity index (χ3n) is 5.30. The highest BCUT2D eigenvalue weighted by molar-refractivity contribution is 5.10. The van der Waals surface area contributed by atoms with Crippen molar-refractivity contribution in [3.05, 3.63) is 0 Å². The van der Waals surface area contributed by atoms with Crippen molar-refractivity contribution < 1.29 is 0 Å². The Bertz CT molecular complexity index is 322. The van der Waals surface area contributed by atoms with E-state index in [9.17, 15) is 5.26 Å². The number of nitriles is 1. The van der Waals surface area contributed by atoms with E-state index in [1.54, 1.807) is 0 Å². The van der Waals surface area contributed by atoms with Crippen LogP contribution in [0, 0.1) is 23.2 Å². The fraction of sp³-hybridized carbons (Fsp3) is 0.933. The maximum Gasteiger partial charge on any atom is 0.108 e. The lowest BCUT2D eigenvalue weighted by Crippen LogP contribution is -2.53. The van der Waals surface area contributed by atoms with Crippen LogP contribution in [0.4, 0.5) is 0 Å². The summed E-state index contributed by atoms with van der Waals surface area (Å²) in [7, 11) is 1.94. The lowest BCUT2D eigenvalue weighted by atomic mass is 9.78. The number of nitrogens with one attached hydrogen (secondary N) is 1. The summed E-state index contributed by atoms with van der Waals surface area (Å²) < 4.78 is 0. The summed E-state index contributed by atoms with van der Waals surface area (Å²) in [5.74, 6) is 1.65. The second-order valence-electron chi connectivity index (χ2n) is 6.43. The number of rotatable bonds is 2. The van der Waals surface area contributed by atoms with Crippen molar-refractivity contribution in [3.63, 3.8) is 0 Å². The van der Waals surface area contributed by atoms with E-state index in [0.29, 0.717) is 6.04 Å². The second kappa shape index (κ2) is 5.59. The summed E-state index contributed by atoms with van der Waals surface area (Å²) >= 11 is 0. The first-order valence-corrected chi connectivity index (χ1v) is 7.44. The van der Waals surface area contributed by atoms with Crippen LogP contribution in [0.1, 0.15) is 46.0 Å². The Balaban J connectivity index is 1.99. The van der Waals surface area contributed by atoms with Crippen molar-refractivity contribution in [1.29, 1.82) is 5.26 Å². The van der Waals surface area contributed by atoms with Gasteiger partial charge in [0.25, 0.3) is 0 Å². The van der Waals surface area contributed by atoms with Gasteiger partial charge in [-0.3, -0.25) is 4.90 Å². The van der Waals surface area contributed by atoms with E-state index >= 15 is 0 Å². The van der Waals surface area contributed by atoms with Crippen LogP contribution in [0.3, 0.4) is 0 Å². The summed E-state index contributed by atoms with van der Waals surface area (Å²) in [4.78, 5) is 2.65.